The number of phenolic OH excluding ortho intramolecular Hbond substituents is 1. The van der Waals surface area contributed by atoms with E-state index in [2.05, 4.69) is 243 Å². The minimum atomic E-state index is -0.364. The molecular formula is C68H58N3O2Pt-. The number of rotatable bonds is 6. The van der Waals surface area contributed by atoms with Crippen molar-refractivity contribution in [2.75, 3.05) is 0 Å². The second kappa shape index (κ2) is 18.1. The van der Waals surface area contributed by atoms with E-state index in [9.17, 15) is 5.11 Å². The summed E-state index contributed by atoms with van der Waals surface area (Å²) >= 11 is 0. The van der Waals surface area contributed by atoms with Gasteiger partial charge < -0.3 is 9.52 Å². The van der Waals surface area contributed by atoms with Gasteiger partial charge in [0.05, 0.1) is 27.9 Å². The molecule has 74 heavy (non-hydrogen) atoms. The molecule has 12 rings (SSSR count). The van der Waals surface area contributed by atoms with Crippen molar-refractivity contribution in [1.82, 2.24) is 14.5 Å². The number of hydrogen-bond donors (Lipinski definition) is 1. The minimum Gasteiger partial charge on any atom is -0.507 e. The van der Waals surface area contributed by atoms with Gasteiger partial charge in [-0.2, -0.15) is 0 Å². The van der Waals surface area contributed by atoms with Crippen molar-refractivity contribution in [1.29, 1.82) is 0 Å². The quantitative estimate of drug-likeness (QED) is 0.133. The first-order valence-electron chi connectivity index (χ1n) is 25.4. The molecule has 3 aromatic heterocycles. The Balaban J connectivity index is 0.00000588. The number of imidazole rings is 1. The molecule has 1 N–H and O–H groups in total. The van der Waals surface area contributed by atoms with Gasteiger partial charge in [0, 0.05) is 49.5 Å². The van der Waals surface area contributed by atoms with Crippen LogP contribution < -0.4 is 0 Å². The van der Waals surface area contributed by atoms with E-state index in [1.807, 2.05) is 12.3 Å². The summed E-state index contributed by atoms with van der Waals surface area (Å²) < 4.78 is 9.39. The Kier molecular flexibility index (Phi) is 11.9. The van der Waals surface area contributed by atoms with E-state index in [1.165, 1.54) is 16.3 Å². The summed E-state index contributed by atoms with van der Waals surface area (Å²) in [6, 6.07) is 66.3. The normalized spacial score (nSPS) is 12.3. The number of benzene rings is 9. The number of nitrogens with zero attached hydrogens (tertiary/aromatic N) is 3. The predicted octanol–water partition coefficient (Wildman–Crippen LogP) is 18.4. The molecule has 0 fully saturated rings. The van der Waals surface area contributed by atoms with Gasteiger partial charge in [-0.05, 0) is 113 Å². The second-order valence-corrected chi connectivity index (χ2v) is 22.8. The number of aromatic hydroxyl groups is 1. The number of phenols is 1. The van der Waals surface area contributed by atoms with Crippen LogP contribution in [0.15, 0.2) is 187 Å². The molecule has 0 aliphatic rings. The maximum atomic E-state index is 12.7. The fourth-order valence-electron chi connectivity index (χ4n) is 10.6. The van der Waals surface area contributed by atoms with Gasteiger partial charge in [0.15, 0.2) is 0 Å². The molecule has 0 aliphatic heterocycles. The van der Waals surface area contributed by atoms with Gasteiger partial charge >= 0.3 is 0 Å². The number of para-hydroxylation sites is 1. The number of pyridine rings is 1. The van der Waals surface area contributed by atoms with Gasteiger partial charge in [-0.3, -0.25) is 9.55 Å². The zero-order valence-electron chi connectivity index (χ0n) is 43.3. The maximum Gasteiger partial charge on any atom is 0.148 e. The predicted molar refractivity (Wildman–Crippen MR) is 305 cm³/mol. The average Bonchev–Trinajstić information content (AvgIpc) is 3.95. The Bertz CT molecular complexity index is 4150. The van der Waals surface area contributed by atoms with Crippen LogP contribution >= 0.6 is 0 Å². The Hall–Kier alpha value is -7.59. The number of fused-ring (bicyclic) bond motifs is 7. The van der Waals surface area contributed by atoms with E-state index in [0.29, 0.717) is 17.0 Å². The van der Waals surface area contributed by atoms with E-state index in [4.69, 9.17) is 14.4 Å². The molecular weight excluding hydrogens is 1090 g/mol. The monoisotopic (exact) mass is 1140 g/mol. The third-order valence-electron chi connectivity index (χ3n) is 14.7. The van der Waals surface area contributed by atoms with Crippen LogP contribution in [0.4, 0.5) is 0 Å². The van der Waals surface area contributed by atoms with Crippen LogP contribution in [0.5, 0.6) is 5.75 Å². The number of hydrogen-bond acceptors (Lipinski definition) is 4. The van der Waals surface area contributed by atoms with Crippen LogP contribution in [-0.2, 0) is 37.3 Å². The van der Waals surface area contributed by atoms with E-state index in [0.717, 1.165) is 99.6 Å². The Labute approximate surface area is 447 Å². The van der Waals surface area contributed by atoms with Crippen LogP contribution in [0.1, 0.15) is 79.0 Å². The van der Waals surface area contributed by atoms with Crippen molar-refractivity contribution in [2.45, 2.75) is 78.6 Å². The van der Waals surface area contributed by atoms with Crippen molar-refractivity contribution in [3.8, 4) is 67.5 Å². The minimum absolute atomic E-state index is 0. The van der Waals surface area contributed by atoms with Gasteiger partial charge in [0.1, 0.15) is 17.2 Å². The van der Waals surface area contributed by atoms with Gasteiger partial charge in [0.2, 0.25) is 0 Å². The summed E-state index contributed by atoms with van der Waals surface area (Å²) in [7, 11) is 0. The van der Waals surface area contributed by atoms with E-state index < -0.39 is 0 Å². The Morgan fingerprint density at radius 1 is 0.514 bits per heavy atom. The van der Waals surface area contributed by atoms with Crippen molar-refractivity contribution < 1.29 is 30.6 Å². The Morgan fingerprint density at radius 3 is 1.93 bits per heavy atom. The molecule has 12 aromatic rings. The smallest absolute Gasteiger partial charge is 0.148 e. The number of aromatic nitrogens is 3. The summed E-state index contributed by atoms with van der Waals surface area (Å²) in [5.41, 5.74) is 14.9. The van der Waals surface area contributed by atoms with Crippen LogP contribution in [0.2, 0.25) is 0 Å². The van der Waals surface area contributed by atoms with Crippen LogP contribution in [0.25, 0.3) is 116 Å². The molecule has 0 amide bonds. The van der Waals surface area contributed by atoms with E-state index >= 15 is 0 Å². The summed E-state index contributed by atoms with van der Waals surface area (Å²) in [5.74, 6) is 0.868. The molecule has 0 saturated carbocycles. The van der Waals surface area contributed by atoms with Crippen LogP contribution in [-0.4, -0.2) is 19.6 Å². The van der Waals surface area contributed by atoms with E-state index in [1.54, 1.807) is 0 Å². The average molecular weight is 1140 g/mol. The summed E-state index contributed by atoms with van der Waals surface area (Å²) in [6.07, 6.45) is 1.89. The third kappa shape index (κ3) is 8.42. The molecule has 368 valence electrons. The van der Waals surface area contributed by atoms with Crippen LogP contribution in [0.3, 0.4) is 0 Å². The summed E-state index contributed by atoms with van der Waals surface area (Å²) in [6.45, 7) is 19.9. The van der Waals surface area contributed by atoms with Gasteiger partial charge in [-0.25, -0.2) is 4.98 Å². The molecule has 0 bridgehead atoms. The third-order valence-corrected chi connectivity index (χ3v) is 14.7. The first-order chi connectivity index (χ1) is 35.0. The zero-order valence-corrected chi connectivity index (χ0v) is 45.6. The van der Waals surface area contributed by atoms with Crippen LogP contribution in [0, 0.1) is 6.07 Å². The SMILES string of the molecule is CC(C)(C)c1ccc(-n2c(-c3cc(C(C)(C)C)cc(C(C)(C)C)c3O)nc3c(-c4[c-]c(-c5cc(-c6ccccc6)ccn5)cc5c4oc4cc6ccc7ccccc7c6cc45)cccc32)c(-c2ccccc2)c1.[Pt]. The fraction of sp³-hybridized carbons (Fsp3) is 0.176. The Morgan fingerprint density at radius 2 is 1.20 bits per heavy atom. The molecule has 9 aromatic carbocycles. The molecule has 0 unspecified atom stereocenters. The molecule has 3 heterocycles. The zero-order chi connectivity index (χ0) is 50.6. The standard InChI is InChI=1S/C68H58N3O2.Pt/c1-66(2,3)47-29-30-59(52(37-47)42-21-14-11-15-22-42)71-60-26-18-25-50(62(60)70-65(71)56-38-48(67(4,5)6)39-57(63(56)72)68(7,8)9)54-33-46(58-35-44(31-32-69-58)41-19-12-10-13-20-41)34-55-53-40-51-45(36-61(53)73-64(54)55)28-27-43-23-16-17-24-49(43)51;/h10-32,34-40,72H,1-9H3;/q-1;. The van der Waals surface area contributed by atoms with Crippen molar-refractivity contribution in [3.05, 3.63) is 205 Å². The molecule has 5 nitrogen and oxygen atoms in total. The maximum absolute atomic E-state index is 12.7. The molecule has 0 atom stereocenters. The fourth-order valence-corrected chi connectivity index (χ4v) is 10.6. The van der Waals surface area contributed by atoms with Gasteiger partial charge in [0.25, 0.3) is 0 Å². The van der Waals surface area contributed by atoms with Gasteiger partial charge in [-0.15, -0.1) is 12.1 Å². The molecule has 0 saturated heterocycles. The topological polar surface area (TPSA) is 64.1 Å². The van der Waals surface area contributed by atoms with Gasteiger partial charge in [-0.1, -0.05) is 206 Å². The van der Waals surface area contributed by atoms with Crippen molar-refractivity contribution in [2.24, 2.45) is 0 Å². The summed E-state index contributed by atoms with van der Waals surface area (Å²) in [4.78, 5) is 10.8. The van der Waals surface area contributed by atoms with Crippen molar-refractivity contribution in [3.63, 3.8) is 0 Å². The molecule has 0 spiro atoms. The van der Waals surface area contributed by atoms with Crippen molar-refractivity contribution >= 4 is 54.5 Å². The van der Waals surface area contributed by atoms with E-state index in [-0.39, 0.29) is 43.1 Å². The second-order valence-electron chi connectivity index (χ2n) is 22.8. The first kappa shape index (κ1) is 48.7. The molecule has 0 radical (unpaired) electrons. The number of furan rings is 1. The largest absolute Gasteiger partial charge is 0.507 e. The molecule has 6 heteroatoms. The molecule has 0 aliphatic carbocycles. The summed E-state index contributed by atoms with van der Waals surface area (Å²) in [5, 5.41) is 19.4. The first-order valence-corrected chi connectivity index (χ1v) is 25.4.